The smallest absolute Gasteiger partial charge is 0.323 e. The van der Waals surface area contributed by atoms with E-state index < -0.39 is 5.97 Å². The van der Waals surface area contributed by atoms with Crippen LogP contribution in [-0.4, -0.2) is 36.6 Å². The molecule has 0 aromatic heterocycles. The van der Waals surface area contributed by atoms with E-state index in [1.807, 2.05) is 0 Å². The maximum absolute atomic E-state index is 12.1. The van der Waals surface area contributed by atoms with Crippen molar-refractivity contribution in [1.29, 1.82) is 0 Å². The van der Waals surface area contributed by atoms with Gasteiger partial charge in [-0.05, 0) is 49.6 Å². The van der Waals surface area contributed by atoms with Crippen LogP contribution in [0.4, 0.5) is 5.69 Å². The molecule has 0 spiro atoms. The fourth-order valence-corrected chi connectivity index (χ4v) is 2.01. The second kappa shape index (κ2) is 6.72. The monoisotopic (exact) mass is 296 g/mol. The van der Waals surface area contributed by atoms with Gasteiger partial charge in [0.05, 0.1) is 6.54 Å². The SMILES string of the molecule is O=C(O)CN(C(=O)CNCC1CC1)c1ccc(Cl)cc1. The summed E-state index contributed by atoms with van der Waals surface area (Å²) in [4.78, 5) is 24.3. The molecular formula is C14H17ClN2O3. The quantitative estimate of drug-likeness (QED) is 0.804. The Kier molecular flexibility index (Phi) is 4.98. The van der Waals surface area contributed by atoms with Crippen molar-refractivity contribution in [3.8, 4) is 0 Å². The second-order valence-corrected chi connectivity index (χ2v) is 5.36. The maximum Gasteiger partial charge on any atom is 0.323 e. The second-order valence-electron chi connectivity index (χ2n) is 4.92. The highest BCUT2D eigenvalue weighted by molar-refractivity contribution is 6.30. The topological polar surface area (TPSA) is 69.6 Å². The first-order valence-electron chi connectivity index (χ1n) is 6.54. The summed E-state index contributed by atoms with van der Waals surface area (Å²) < 4.78 is 0. The standard InChI is InChI=1S/C14H17ClN2O3/c15-11-3-5-12(6-4-11)17(9-14(19)20)13(18)8-16-7-10-1-2-10/h3-6,10,16H,1-2,7-9H2,(H,19,20). The first-order valence-corrected chi connectivity index (χ1v) is 6.92. The van der Waals surface area contributed by atoms with Gasteiger partial charge in [0.25, 0.3) is 0 Å². The number of hydrogen-bond donors (Lipinski definition) is 2. The van der Waals surface area contributed by atoms with E-state index in [-0.39, 0.29) is 19.0 Å². The van der Waals surface area contributed by atoms with Crippen LogP contribution in [0.5, 0.6) is 0 Å². The molecule has 0 bridgehead atoms. The van der Waals surface area contributed by atoms with Crippen LogP contribution < -0.4 is 10.2 Å². The molecule has 1 saturated carbocycles. The van der Waals surface area contributed by atoms with Crippen LogP contribution in [0.15, 0.2) is 24.3 Å². The molecule has 1 aromatic carbocycles. The minimum atomic E-state index is -1.05. The van der Waals surface area contributed by atoms with Gasteiger partial charge in [0, 0.05) is 10.7 Å². The van der Waals surface area contributed by atoms with E-state index in [2.05, 4.69) is 5.32 Å². The molecule has 1 fully saturated rings. The molecule has 0 saturated heterocycles. The first-order chi connectivity index (χ1) is 9.56. The summed E-state index contributed by atoms with van der Waals surface area (Å²) >= 11 is 5.79. The average Bonchev–Trinajstić information content (AvgIpc) is 3.21. The number of carbonyl (C=O) groups is 2. The van der Waals surface area contributed by atoms with Crippen LogP contribution in [-0.2, 0) is 9.59 Å². The summed E-state index contributed by atoms with van der Waals surface area (Å²) in [5.41, 5.74) is 0.537. The van der Waals surface area contributed by atoms with Gasteiger partial charge in [0.15, 0.2) is 0 Å². The van der Waals surface area contributed by atoms with Crippen molar-refractivity contribution in [1.82, 2.24) is 5.32 Å². The van der Waals surface area contributed by atoms with Crippen molar-refractivity contribution in [2.75, 3.05) is 24.5 Å². The van der Waals surface area contributed by atoms with Gasteiger partial charge in [-0.25, -0.2) is 0 Å². The third-order valence-electron chi connectivity index (χ3n) is 3.14. The third kappa shape index (κ3) is 4.51. The van der Waals surface area contributed by atoms with Gasteiger partial charge in [0.2, 0.25) is 5.91 Å². The van der Waals surface area contributed by atoms with Gasteiger partial charge in [0.1, 0.15) is 6.54 Å². The zero-order valence-electron chi connectivity index (χ0n) is 11.0. The van der Waals surface area contributed by atoms with Crippen LogP contribution in [0.2, 0.25) is 5.02 Å². The molecule has 0 atom stereocenters. The Labute approximate surface area is 122 Å². The zero-order chi connectivity index (χ0) is 14.5. The average molecular weight is 297 g/mol. The molecule has 108 valence electrons. The Bertz CT molecular complexity index is 486. The number of nitrogens with zero attached hydrogens (tertiary/aromatic N) is 1. The number of carboxylic acids is 1. The van der Waals surface area contributed by atoms with Crippen LogP contribution in [0, 0.1) is 5.92 Å². The Hall–Kier alpha value is -1.59. The summed E-state index contributed by atoms with van der Waals surface area (Å²) in [5.74, 6) is -0.628. The number of benzene rings is 1. The Morgan fingerprint density at radius 2 is 1.95 bits per heavy atom. The Morgan fingerprint density at radius 1 is 1.30 bits per heavy atom. The highest BCUT2D eigenvalue weighted by Gasteiger charge is 2.22. The van der Waals surface area contributed by atoms with E-state index >= 15 is 0 Å². The van der Waals surface area contributed by atoms with Crippen molar-refractivity contribution in [2.45, 2.75) is 12.8 Å². The van der Waals surface area contributed by atoms with E-state index in [0.29, 0.717) is 16.6 Å². The zero-order valence-corrected chi connectivity index (χ0v) is 11.8. The molecule has 1 aromatic rings. The summed E-state index contributed by atoms with van der Waals surface area (Å²) in [7, 11) is 0. The molecule has 0 heterocycles. The van der Waals surface area contributed by atoms with Crippen LogP contribution >= 0.6 is 11.6 Å². The third-order valence-corrected chi connectivity index (χ3v) is 3.39. The molecule has 0 unspecified atom stereocenters. The van der Waals surface area contributed by atoms with E-state index in [9.17, 15) is 9.59 Å². The van der Waals surface area contributed by atoms with Gasteiger partial charge in [-0.2, -0.15) is 0 Å². The van der Waals surface area contributed by atoms with Crippen molar-refractivity contribution in [2.24, 2.45) is 5.92 Å². The van der Waals surface area contributed by atoms with E-state index in [4.69, 9.17) is 16.7 Å². The molecule has 2 rings (SSSR count). The minimum Gasteiger partial charge on any atom is -0.480 e. The molecular weight excluding hydrogens is 280 g/mol. The molecule has 5 nitrogen and oxygen atoms in total. The predicted octanol–water partition coefficient (Wildman–Crippen LogP) is 1.76. The number of amides is 1. The minimum absolute atomic E-state index is 0.145. The normalized spacial score (nSPS) is 14.1. The lowest BCUT2D eigenvalue weighted by Crippen LogP contribution is -2.41. The van der Waals surface area contributed by atoms with E-state index in [0.717, 1.165) is 6.54 Å². The Balaban J connectivity index is 1.99. The number of nitrogens with one attached hydrogen (secondary N) is 1. The van der Waals surface area contributed by atoms with E-state index in [1.54, 1.807) is 24.3 Å². The van der Waals surface area contributed by atoms with Crippen molar-refractivity contribution >= 4 is 29.2 Å². The lowest BCUT2D eigenvalue weighted by atomic mass is 10.2. The lowest BCUT2D eigenvalue weighted by Gasteiger charge is -2.21. The van der Waals surface area contributed by atoms with Gasteiger partial charge < -0.3 is 15.3 Å². The summed E-state index contributed by atoms with van der Waals surface area (Å²) in [6, 6.07) is 6.56. The van der Waals surface area contributed by atoms with Crippen LogP contribution in [0.1, 0.15) is 12.8 Å². The number of aliphatic carboxylic acids is 1. The van der Waals surface area contributed by atoms with Crippen molar-refractivity contribution < 1.29 is 14.7 Å². The first kappa shape index (κ1) is 14.8. The highest BCUT2D eigenvalue weighted by atomic mass is 35.5. The molecule has 2 N–H and O–H groups in total. The molecule has 1 aliphatic carbocycles. The summed E-state index contributed by atoms with van der Waals surface area (Å²) in [6.45, 7) is 0.602. The fraction of sp³-hybridized carbons (Fsp3) is 0.429. The van der Waals surface area contributed by atoms with Crippen molar-refractivity contribution in [3.63, 3.8) is 0 Å². The van der Waals surface area contributed by atoms with Crippen molar-refractivity contribution in [3.05, 3.63) is 29.3 Å². The fourth-order valence-electron chi connectivity index (χ4n) is 1.88. The number of rotatable bonds is 7. The number of anilines is 1. The molecule has 20 heavy (non-hydrogen) atoms. The Morgan fingerprint density at radius 3 is 2.50 bits per heavy atom. The molecule has 0 radical (unpaired) electrons. The lowest BCUT2D eigenvalue weighted by molar-refractivity contribution is -0.136. The number of carbonyl (C=O) groups excluding carboxylic acids is 1. The highest BCUT2D eigenvalue weighted by Crippen LogP contribution is 2.27. The molecule has 6 heteroatoms. The largest absolute Gasteiger partial charge is 0.480 e. The van der Waals surface area contributed by atoms with E-state index in [1.165, 1.54) is 17.7 Å². The maximum atomic E-state index is 12.1. The number of halogens is 1. The van der Waals surface area contributed by atoms with Gasteiger partial charge in [-0.1, -0.05) is 11.6 Å². The summed E-state index contributed by atoms with van der Waals surface area (Å²) in [6.07, 6.45) is 2.41. The van der Waals surface area contributed by atoms with Gasteiger partial charge in [-0.3, -0.25) is 9.59 Å². The number of carboxylic acid groups (broad SMARTS) is 1. The summed E-state index contributed by atoms with van der Waals surface area (Å²) in [5, 5.41) is 12.5. The van der Waals surface area contributed by atoms with Gasteiger partial charge >= 0.3 is 5.97 Å². The van der Waals surface area contributed by atoms with Crippen LogP contribution in [0.3, 0.4) is 0 Å². The number of hydrogen-bond acceptors (Lipinski definition) is 3. The molecule has 0 aliphatic heterocycles. The van der Waals surface area contributed by atoms with Gasteiger partial charge in [-0.15, -0.1) is 0 Å². The predicted molar refractivity (Wildman–Crippen MR) is 77.0 cm³/mol. The van der Waals surface area contributed by atoms with Crippen LogP contribution in [0.25, 0.3) is 0 Å². The molecule has 1 amide bonds. The molecule has 1 aliphatic rings.